The lowest BCUT2D eigenvalue weighted by Gasteiger charge is -1.96. The van der Waals surface area contributed by atoms with Gasteiger partial charge in [-0.1, -0.05) is 33.2 Å². The van der Waals surface area contributed by atoms with E-state index in [-0.39, 0.29) is 18.1 Å². The minimum absolute atomic E-state index is 0.101. The van der Waals surface area contributed by atoms with E-state index in [0.717, 1.165) is 10.0 Å². The maximum atomic E-state index is 11.4. The molecule has 2 rings (SSSR count). The second-order valence-electron chi connectivity index (χ2n) is 3.92. The number of aromatic nitrogens is 2. The number of hydrogen-bond donors (Lipinski definition) is 1. The van der Waals surface area contributed by atoms with Crippen molar-refractivity contribution < 1.29 is 13.8 Å². The van der Waals surface area contributed by atoms with Crippen LogP contribution in [0.5, 0.6) is 0 Å². The molecule has 0 spiro atoms. The van der Waals surface area contributed by atoms with Gasteiger partial charge < -0.3 is 9.63 Å². The normalized spacial score (nSPS) is 12.5. The molecule has 0 saturated heterocycles. The van der Waals surface area contributed by atoms with Crippen LogP contribution in [0.2, 0.25) is 0 Å². The lowest BCUT2D eigenvalue weighted by atomic mass is 10.1. The van der Waals surface area contributed by atoms with Crippen LogP contribution in [0.25, 0.3) is 0 Å². The second kappa shape index (κ2) is 6.93. The Morgan fingerprint density at radius 1 is 1.32 bits per heavy atom. The molecule has 0 fully saturated rings. The highest BCUT2D eigenvalue weighted by Crippen LogP contribution is 2.13. The quantitative estimate of drug-likeness (QED) is 0.862. The monoisotopic (exact) mass is 344 g/mol. The number of halogens is 1. The highest BCUT2D eigenvalue weighted by Gasteiger charge is 2.10. The van der Waals surface area contributed by atoms with Gasteiger partial charge in [-0.25, -0.2) is 0 Å². The van der Waals surface area contributed by atoms with Crippen molar-refractivity contribution in [3.05, 3.63) is 46.0 Å². The molecule has 1 atom stereocenters. The van der Waals surface area contributed by atoms with Crippen molar-refractivity contribution in [2.24, 2.45) is 0 Å². The van der Waals surface area contributed by atoms with Gasteiger partial charge in [-0.05, 0) is 17.7 Å². The second-order valence-corrected chi connectivity index (χ2v) is 6.41. The summed E-state index contributed by atoms with van der Waals surface area (Å²) in [5.41, 5.74) is 1.06. The predicted octanol–water partition coefficient (Wildman–Crippen LogP) is 1.66. The van der Waals surface area contributed by atoms with Crippen LogP contribution >= 0.6 is 15.9 Å². The summed E-state index contributed by atoms with van der Waals surface area (Å²) < 4.78 is 17.6. The molecule has 0 radical (unpaired) electrons. The smallest absolute Gasteiger partial charge is 0.231 e. The van der Waals surface area contributed by atoms with E-state index >= 15 is 0 Å². The zero-order chi connectivity index (χ0) is 13.7. The van der Waals surface area contributed by atoms with Gasteiger partial charge >= 0.3 is 0 Å². The first-order chi connectivity index (χ1) is 9.17. The molecule has 0 aliphatic carbocycles. The van der Waals surface area contributed by atoms with Crippen molar-refractivity contribution in [2.45, 2.75) is 12.2 Å². The van der Waals surface area contributed by atoms with Gasteiger partial charge in [0.05, 0.1) is 18.8 Å². The van der Waals surface area contributed by atoms with Crippen LogP contribution in [0.15, 0.2) is 33.3 Å². The number of aliphatic hydroxyl groups is 1. The minimum atomic E-state index is -1.15. The summed E-state index contributed by atoms with van der Waals surface area (Å²) in [6.07, 6.45) is 0.549. The minimum Gasteiger partial charge on any atom is -0.395 e. The van der Waals surface area contributed by atoms with Gasteiger partial charge in [0, 0.05) is 21.0 Å². The Morgan fingerprint density at radius 3 is 2.74 bits per heavy atom. The molecule has 102 valence electrons. The molecule has 1 aromatic heterocycles. The molecule has 1 N–H and O–H groups in total. The summed E-state index contributed by atoms with van der Waals surface area (Å²) >= 11 is 3.37. The average Bonchev–Trinajstić information content (AvgIpc) is 2.80. The van der Waals surface area contributed by atoms with E-state index in [0.29, 0.717) is 18.1 Å². The maximum absolute atomic E-state index is 11.4. The summed E-state index contributed by atoms with van der Waals surface area (Å²) in [4.78, 5) is 4.19. The summed E-state index contributed by atoms with van der Waals surface area (Å²) in [6.45, 7) is -0.101. The van der Waals surface area contributed by atoms with Gasteiger partial charge in [-0.2, -0.15) is 4.98 Å². The van der Waals surface area contributed by atoms with Crippen molar-refractivity contribution in [2.75, 3.05) is 12.4 Å². The van der Waals surface area contributed by atoms with Crippen LogP contribution in [0, 0.1) is 0 Å². The average molecular weight is 345 g/mol. The van der Waals surface area contributed by atoms with E-state index in [1.165, 1.54) is 0 Å². The van der Waals surface area contributed by atoms with E-state index in [2.05, 4.69) is 26.1 Å². The van der Waals surface area contributed by atoms with Gasteiger partial charge in [0.25, 0.3) is 0 Å². The van der Waals surface area contributed by atoms with Crippen LogP contribution in [-0.4, -0.2) is 31.8 Å². The van der Waals surface area contributed by atoms with Crippen molar-refractivity contribution in [3.8, 4) is 0 Å². The van der Waals surface area contributed by atoms with Crippen molar-refractivity contribution in [3.63, 3.8) is 0 Å². The predicted molar refractivity (Wildman–Crippen MR) is 75.0 cm³/mol. The first-order valence-electron chi connectivity index (χ1n) is 5.69. The number of rotatable bonds is 6. The number of nitrogens with zero attached hydrogens (tertiary/aromatic N) is 2. The highest BCUT2D eigenvalue weighted by molar-refractivity contribution is 9.10. The largest absolute Gasteiger partial charge is 0.395 e. The number of hydrogen-bond acceptors (Lipinski definition) is 5. The lowest BCUT2D eigenvalue weighted by Crippen LogP contribution is -2.05. The Hall–Kier alpha value is -1.05. The third-order valence-electron chi connectivity index (χ3n) is 2.39. The van der Waals surface area contributed by atoms with Gasteiger partial charge in [-0.3, -0.25) is 4.21 Å². The molecule has 7 heteroatoms. The van der Waals surface area contributed by atoms with E-state index in [1.807, 2.05) is 24.3 Å². The third kappa shape index (κ3) is 4.52. The van der Waals surface area contributed by atoms with Crippen LogP contribution in [0.3, 0.4) is 0 Å². The standard InChI is InChI=1S/C12H13BrN2O3S/c13-10-3-1-9(2-4-10)7-12-14-11(15-18-12)8-19(17)6-5-16/h1-4,16H,5-8H2. The van der Waals surface area contributed by atoms with Crippen molar-refractivity contribution in [1.82, 2.24) is 10.1 Å². The first kappa shape index (κ1) is 14.4. The molecular weight excluding hydrogens is 332 g/mol. The highest BCUT2D eigenvalue weighted by atomic mass is 79.9. The third-order valence-corrected chi connectivity index (χ3v) is 4.13. The summed E-state index contributed by atoms with van der Waals surface area (Å²) in [6, 6.07) is 7.83. The Bertz CT molecular complexity index is 556. The molecule has 0 saturated carbocycles. The molecule has 0 bridgehead atoms. The van der Waals surface area contributed by atoms with E-state index in [4.69, 9.17) is 9.63 Å². The van der Waals surface area contributed by atoms with Gasteiger partial charge in [-0.15, -0.1) is 0 Å². The van der Waals surface area contributed by atoms with E-state index < -0.39 is 10.8 Å². The number of benzene rings is 1. The lowest BCUT2D eigenvalue weighted by molar-refractivity contribution is 0.321. The molecule has 1 heterocycles. The topological polar surface area (TPSA) is 76.2 Å². The van der Waals surface area contributed by atoms with Crippen LogP contribution in [0.1, 0.15) is 17.3 Å². The van der Waals surface area contributed by atoms with Gasteiger partial charge in [0.2, 0.25) is 5.89 Å². The van der Waals surface area contributed by atoms with Crippen molar-refractivity contribution >= 4 is 26.7 Å². The van der Waals surface area contributed by atoms with Crippen LogP contribution < -0.4 is 0 Å². The fourth-order valence-corrected chi connectivity index (χ4v) is 2.53. The van der Waals surface area contributed by atoms with Crippen LogP contribution in [0.4, 0.5) is 0 Å². The molecule has 0 amide bonds. The summed E-state index contributed by atoms with van der Waals surface area (Å²) in [5.74, 6) is 1.36. The number of aliphatic hydroxyl groups excluding tert-OH is 1. The van der Waals surface area contributed by atoms with E-state index in [9.17, 15) is 4.21 Å². The zero-order valence-electron chi connectivity index (χ0n) is 10.1. The Balaban J connectivity index is 1.97. The van der Waals surface area contributed by atoms with Gasteiger partial charge in [0.1, 0.15) is 0 Å². The van der Waals surface area contributed by atoms with E-state index in [1.54, 1.807) is 0 Å². The summed E-state index contributed by atoms with van der Waals surface area (Å²) in [5, 5.41) is 12.5. The van der Waals surface area contributed by atoms with Gasteiger partial charge in [0.15, 0.2) is 5.82 Å². The van der Waals surface area contributed by atoms with Crippen molar-refractivity contribution in [1.29, 1.82) is 0 Å². The van der Waals surface area contributed by atoms with Crippen LogP contribution in [-0.2, 0) is 23.0 Å². The molecule has 5 nitrogen and oxygen atoms in total. The molecular formula is C12H13BrN2O3S. The summed E-state index contributed by atoms with van der Waals surface area (Å²) in [7, 11) is -1.15. The molecule has 0 aliphatic heterocycles. The molecule has 19 heavy (non-hydrogen) atoms. The fraction of sp³-hybridized carbons (Fsp3) is 0.333. The SMILES string of the molecule is O=S(CCO)Cc1noc(Cc2ccc(Br)cc2)n1. The molecule has 1 aromatic carbocycles. The Kier molecular flexibility index (Phi) is 5.24. The molecule has 2 aromatic rings. The Labute approximate surface area is 121 Å². The first-order valence-corrected chi connectivity index (χ1v) is 7.97. The molecule has 1 unspecified atom stereocenters. The maximum Gasteiger partial charge on any atom is 0.231 e. The molecule has 0 aliphatic rings. The zero-order valence-corrected chi connectivity index (χ0v) is 12.5. The fourth-order valence-electron chi connectivity index (χ4n) is 1.52. The Morgan fingerprint density at radius 2 is 2.05 bits per heavy atom.